The van der Waals surface area contributed by atoms with E-state index in [2.05, 4.69) is 52.9 Å². The van der Waals surface area contributed by atoms with E-state index in [1.807, 2.05) is 6.92 Å². The highest BCUT2D eigenvalue weighted by Gasteiger charge is 2.29. The van der Waals surface area contributed by atoms with Gasteiger partial charge in [-0.05, 0) is 29.4 Å². The van der Waals surface area contributed by atoms with Crippen LogP contribution in [0.15, 0.2) is 6.07 Å². The van der Waals surface area contributed by atoms with Crippen LogP contribution in [0.3, 0.4) is 0 Å². The van der Waals surface area contributed by atoms with E-state index in [-0.39, 0.29) is 16.7 Å². The standard InChI is InChI=1S/C15H25NOS/c1-8-16-13(17)11-9-10(14(2,3)4)12(18-11)15(5,6)7/h9H,8H2,1-7H3,(H,16,17). The number of hydrogen-bond donors (Lipinski definition) is 1. The van der Waals surface area contributed by atoms with Crippen molar-refractivity contribution in [1.29, 1.82) is 0 Å². The molecule has 18 heavy (non-hydrogen) atoms. The van der Waals surface area contributed by atoms with Gasteiger partial charge in [0.1, 0.15) is 0 Å². The summed E-state index contributed by atoms with van der Waals surface area (Å²) in [5.74, 6) is 0.0449. The lowest BCUT2D eigenvalue weighted by molar-refractivity contribution is 0.0960. The minimum Gasteiger partial charge on any atom is -0.352 e. The first-order valence-corrected chi connectivity index (χ1v) is 7.32. The molecule has 0 saturated heterocycles. The summed E-state index contributed by atoms with van der Waals surface area (Å²) < 4.78 is 0. The van der Waals surface area contributed by atoms with Gasteiger partial charge in [0.25, 0.3) is 5.91 Å². The molecule has 102 valence electrons. The Morgan fingerprint density at radius 3 is 2.06 bits per heavy atom. The molecule has 1 amide bonds. The summed E-state index contributed by atoms with van der Waals surface area (Å²) >= 11 is 1.63. The lowest BCUT2D eigenvalue weighted by atomic mass is 9.81. The second-order valence-electron chi connectivity index (χ2n) is 6.71. The van der Waals surface area contributed by atoms with Gasteiger partial charge in [0.15, 0.2) is 0 Å². The molecule has 0 aliphatic rings. The average molecular weight is 267 g/mol. The van der Waals surface area contributed by atoms with Crippen LogP contribution in [0.1, 0.15) is 68.6 Å². The molecule has 0 unspecified atom stereocenters. The van der Waals surface area contributed by atoms with Crippen LogP contribution in [0.25, 0.3) is 0 Å². The van der Waals surface area contributed by atoms with Crippen molar-refractivity contribution in [2.24, 2.45) is 0 Å². The fraction of sp³-hybridized carbons (Fsp3) is 0.667. The van der Waals surface area contributed by atoms with Crippen LogP contribution in [0.4, 0.5) is 0 Å². The van der Waals surface area contributed by atoms with Crippen molar-refractivity contribution in [3.8, 4) is 0 Å². The number of carbonyl (C=O) groups excluding carboxylic acids is 1. The van der Waals surface area contributed by atoms with Gasteiger partial charge in [-0.25, -0.2) is 0 Å². The molecule has 0 aliphatic heterocycles. The van der Waals surface area contributed by atoms with Gasteiger partial charge in [-0.15, -0.1) is 11.3 Å². The summed E-state index contributed by atoms with van der Waals surface area (Å²) in [6.07, 6.45) is 0. The van der Waals surface area contributed by atoms with E-state index in [9.17, 15) is 4.79 Å². The number of nitrogens with one attached hydrogen (secondary N) is 1. The van der Waals surface area contributed by atoms with Gasteiger partial charge in [-0.1, -0.05) is 41.5 Å². The van der Waals surface area contributed by atoms with Crippen molar-refractivity contribution < 1.29 is 4.79 Å². The van der Waals surface area contributed by atoms with Gasteiger partial charge in [0.2, 0.25) is 0 Å². The molecule has 0 aliphatic carbocycles. The normalized spacial score (nSPS) is 12.6. The fourth-order valence-electron chi connectivity index (χ4n) is 1.86. The zero-order valence-electron chi connectivity index (χ0n) is 12.6. The summed E-state index contributed by atoms with van der Waals surface area (Å²) in [6, 6.07) is 2.07. The molecule has 3 heteroatoms. The first kappa shape index (κ1) is 15.2. The smallest absolute Gasteiger partial charge is 0.261 e. The van der Waals surface area contributed by atoms with E-state index in [0.717, 1.165) is 4.88 Å². The van der Waals surface area contributed by atoms with Crippen molar-refractivity contribution >= 4 is 17.2 Å². The molecule has 0 aromatic carbocycles. The molecule has 0 spiro atoms. The lowest BCUT2D eigenvalue weighted by Gasteiger charge is -2.26. The lowest BCUT2D eigenvalue weighted by Crippen LogP contribution is -2.21. The Hall–Kier alpha value is -0.830. The second kappa shape index (κ2) is 5.04. The maximum Gasteiger partial charge on any atom is 0.261 e. The maximum absolute atomic E-state index is 12.0. The van der Waals surface area contributed by atoms with Crippen LogP contribution in [-0.4, -0.2) is 12.5 Å². The van der Waals surface area contributed by atoms with Crippen molar-refractivity contribution in [2.75, 3.05) is 6.54 Å². The second-order valence-corrected chi connectivity index (χ2v) is 7.77. The fourth-order valence-corrected chi connectivity index (χ4v) is 3.21. The predicted octanol–water partition coefficient (Wildman–Crippen LogP) is 4.09. The molecule has 1 heterocycles. The van der Waals surface area contributed by atoms with E-state index in [4.69, 9.17) is 0 Å². The molecular formula is C15H25NOS. The maximum atomic E-state index is 12.0. The number of hydrogen-bond acceptors (Lipinski definition) is 2. The molecule has 0 bridgehead atoms. The largest absolute Gasteiger partial charge is 0.352 e. The van der Waals surface area contributed by atoms with Crippen LogP contribution in [0.5, 0.6) is 0 Å². The summed E-state index contributed by atoms with van der Waals surface area (Å²) in [5, 5.41) is 2.88. The molecule has 1 N–H and O–H groups in total. The van der Waals surface area contributed by atoms with Gasteiger partial charge in [0.05, 0.1) is 4.88 Å². The molecule has 2 nitrogen and oxygen atoms in total. The zero-order chi connectivity index (χ0) is 14.1. The first-order chi connectivity index (χ1) is 8.07. The van der Waals surface area contributed by atoms with Crippen molar-refractivity contribution in [3.63, 3.8) is 0 Å². The Bertz CT molecular complexity index is 401. The summed E-state index contributed by atoms with van der Waals surface area (Å²) in [4.78, 5) is 14.1. The van der Waals surface area contributed by atoms with Crippen LogP contribution in [0, 0.1) is 0 Å². The van der Waals surface area contributed by atoms with Gasteiger partial charge in [-0.3, -0.25) is 4.79 Å². The van der Waals surface area contributed by atoms with Crippen LogP contribution in [0.2, 0.25) is 0 Å². The number of thiophene rings is 1. The third-order valence-electron chi connectivity index (χ3n) is 2.78. The minimum atomic E-state index is 0.0449. The SMILES string of the molecule is CCNC(=O)c1cc(C(C)(C)C)c(C(C)(C)C)s1. The Morgan fingerprint density at radius 2 is 1.72 bits per heavy atom. The average Bonchev–Trinajstić information content (AvgIpc) is 2.60. The van der Waals surface area contributed by atoms with E-state index in [1.165, 1.54) is 10.4 Å². The Balaban J connectivity index is 3.29. The van der Waals surface area contributed by atoms with Crippen molar-refractivity contribution in [1.82, 2.24) is 5.32 Å². The highest BCUT2D eigenvalue weighted by Crippen LogP contribution is 2.39. The van der Waals surface area contributed by atoms with Gasteiger partial charge >= 0.3 is 0 Å². The number of carbonyl (C=O) groups is 1. The molecule has 0 radical (unpaired) electrons. The number of rotatable bonds is 2. The third-order valence-corrected chi connectivity index (χ3v) is 4.34. The molecule has 1 aromatic heterocycles. The van der Waals surface area contributed by atoms with E-state index >= 15 is 0 Å². The Kier molecular flexibility index (Phi) is 4.26. The highest BCUT2D eigenvalue weighted by atomic mass is 32.1. The van der Waals surface area contributed by atoms with Crippen molar-refractivity contribution in [2.45, 2.75) is 59.3 Å². The molecule has 0 atom stereocenters. The van der Waals surface area contributed by atoms with Gasteiger partial charge in [0, 0.05) is 11.4 Å². The molecule has 1 rings (SSSR count). The van der Waals surface area contributed by atoms with Crippen LogP contribution >= 0.6 is 11.3 Å². The Labute approximate surface area is 115 Å². The molecular weight excluding hydrogens is 242 g/mol. The predicted molar refractivity (Wildman–Crippen MR) is 79.7 cm³/mol. The highest BCUT2D eigenvalue weighted by molar-refractivity contribution is 7.14. The molecule has 0 fully saturated rings. The minimum absolute atomic E-state index is 0.0449. The van der Waals surface area contributed by atoms with E-state index in [0.29, 0.717) is 6.54 Å². The van der Waals surface area contributed by atoms with Crippen molar-refractivity contribution in [3.05, 3.63) is 21.4 Å². The van der Waals surface area contributed by atoms with Crippen LogP contribution < -0.4 is 5.32 Å². The Morgan fingerprint density at radius 1 is 1.17 bits per heavy atom. The van der Waals surface area contributed by atoms with Gasteiger partial charge < -0.3 is 5.32 Å². The molecule has 1 aromatic rings. The topological polar surface area (TPSA) is 29.1 Å². The van der Waals surface area contributed by atoms with E-state index in [1.54, 1.807) is 11.3 Å². The summed E-state index contributed by atoms with van der Waals surface area (Å²) in [6.45, 7) is 15.8. The van der Waals surface area contributed by atoms with Gasteiger partial charge in [-0.2, -0.15) is 0 Å². The number of amides is 1. The monoisotopic (exact) mass is 267 g/mol. The third kappa shape index (κ3) is 3.35. The summed E-state index contributed by atoms with van der Waals surface area (Å²) in [7, 11) is 0. The van der Waals surface area contributed by atoms with Crippen LogP contribution in [-0.2, 0) is 10.8 Å². The summed E-state index contributed by atoms with van der Waals surface area (Å²) in [5.41, 5.74) is 1.45. The first-order valence-electron chi connectivity index (χ1n) is 6.50. The zero-order valence-corrected chi connectivity index (χ0v) is 13.4. The van der Waals surface area contributed by atoms with E-state index < -0.39 is 0 Å². The quantitative estimate of drug-likeness (QED) is 0.859. The molecule has 0 saturated carbocycles.